The van der Waals surface area contributed by atoms with Crippen molar-refractivity contribution in [2.75, 3.05) is 23.7 Å². The average Bonchev–Trinajstić information content (AvgIpc) is 3.36. The second-order valence-corrected chi connectivity index (χ2v) is 11.6. The molecule has 1 heterocycles. The number of benzene rings is 3. The maximum atomic E-state index is 12.8. The van der Waals surface area contributed by atoms with Gasteiger partial charge in [-0.2, -0.15) is 0 Å². The van der Waals surface area contributed by atoms with Crippen LogP contribution in [0.15, 0.2) is 66.7 Å². The Balaban J connectivity index is 1.39. The molecule has 4 rings (SSSR count). The summed E-state index contributed by atoms with van der Waals surface area (Å²) in [6, 6.07) is 21.3. The number of carbonyl (C=O) groups excluding carboxylic acids is 1. The molecule has 36 heavy (non-hydrogen) atoms. The number of likely N-dealkylation sites (tertiary alicyclic amines) is 1. The summed E-state index contributed by atoms with van der Waals surface area (Å²) in [5.74, 6) is -0.152. The van der Waals surface area contributed by atoms with Crippen LogP contribution in [0.25, 0.3) is 0 Å². The number of rotatable bonds is 9. The lowest BCUT2D eigenvalue weighted by Crippen LogP contribution is -2.30. The molecule has 1 amide bonds. The summed E-state index contributed by atoms with van der Waals surface area (Å²) in [6.07, 6.45) is 3.76. The van der Waals surface area contributed by atoms with Gasteiger partial charge in [-0.3, -0.25) is 14.0 Å². The van der Waals surface area contributed by atoms with Crippen LogP contribution < -0.4 is 9.62 Å². The normalized spacial score (nSPS) is 14.1. The molecule has 190 valence electrons. The first-order chi connectivity index (χ1) is 17.2. The fourth-order valence-corrected chi connectivity index (χ4v) is 5.56. The number of nitrogens with one attached hydrogen (secondary N) is 1. The molecule has 1 saturated heterocycles. The molecule has 0 bridgehead atoms. The molecule has 7 heteroatoms. The second-order valence-electron chi connectivity index (χ2n) is 9.74. The van der Waals surface area contributed by atoms with E-state index in [9.17, 15) is 13.2 Å². The number of hydrogen-bond acceptors (Lipinski definition) is 4. The van der Waals surface area contributed by atoms with Crippen molar-refractivity contribution < 1.29 is 13.2 Å². The molecule has 6 nitrogen and oxygen atoms in total. The number of amides is 1. The highest BCUT2D eigenvalue weighted by Gasteiger charge is 2.20. The number of carbonyl (C=O) groups is 1. The van der Waals surface area contributed by atoms with E-state index in [-0.39, 0.29) is 12.5 Å². The highest BCUT2D eigenvalue weighted by atomic mass is 32.2. The third-order valence-electron chi connectivity index (χ3n) is 6.63. The van der Waals surface area contributed by atoms with Gasteiger partial charge < -0.3 is 5.32 Å². The SMILES string of the molecule is Cc1ccc(C)c(N(Cc2ccc(C(=O)NCc3cccc(CN4CCCC4)c3)cc2)S(C)(=O)=O)c1. The van der Waals surface area contributed by atoms with Gasteiger partial charge in [-0.1, -0.05) is 48.5 Å². The predicted octanol–water partition coefficient (Wildman–Crippen LogP) is 4.80. The van der Waals surface area contributed by atoms with Crippen LogP contribution in [0.4, 0.5) is 5.69 Å². The third-order valence-corrected chi connectivity index (χ3v) is 7.75. The number of sulfonamides is 1. The highest BCUT2D eigenvalue weighted by molar-refractivity contribution is 7.92. The molecule has 0 atom stereocenters. The van der Waals surface area contributed by atoms with Gasteiger partial charge in [0.15, 0.2) is 0 Å². The Bertz CT molecular complexity index is 1310. The molecule has 0 saturated carbocycles. The summed E-state index contributed by atoms with van der Waals surface area (Å²) < 4.78 is 26.6. The van der Waals surface area contributed by atoms with E-state index in [1.54, 1.807) is 12.1 Å². The predicted molar refractivity (Wildman–Crippen MR) is 146 cm³/mol. The maximum Gasteiger partial charge on any atom is 0.251 e. The summed E-state index contributed by atoms with van der Waals surface area (Å²) in [6.45, 7) is 7.78. The van der Waals surface area contributed by atoms with Crippen molar-refractivity contribution in [3.8, 4) is 0 Å². The van der Waals surface area contributed by atoms with Gasteiger partial charge in [-0.15, -0.1) is 0 Å². The topological polar surface area (TPSA) is 69.7 Å². The van der Waals surface area contributed by atoms with Gasteiger partial charge in [-0.25, -0.2) is 8.42 Å². The zero-order valence-electron chi connectivity index (χ0n) is 21.3. The van der Waals surface area contributed by atoms with Crippen molar-refractivity contribution in [3.05, 3.63) is 100 Å². The lowest BCUT2D eigenvalue weighted by Gasteiger charge is -2.25. The molecule has 0 unspecified atom stereocenters. The van der Waals surface area contributed by atoms with E-state index < -0.39 is 10.0 Å². The smallest absolute Gasteiger partial charge is 0.251 e. The van der Waals surface area contributed by atoms with Gasteiger partial charge in [0.2, 0.25) is 10.0 Å². The number of aryl methyl sites for hydroxylation is 2. The Morgan fingerprint density at radius 1 is 0.917 bits per heavy atom. The van der Waals surface area contributed by atoms with E-state index in [0.29, 0.717) is 17.8 Å². The third kappa shape index (κ3) is 6.74. The van der Waals surface area contributed by atoms with E-state index >= 15 is 0 Å². The zero-order valence-corrected chi connectivity index (χ0v) is 22.1. The minimum absolute atomic E-state index is 0.152. The Labute approximate surface area is 215 Å². The minimum Gasteiger partial charge on any atom is -0.348 e. The molecule has 1 aliphatic rings. The Hall–Kier alpha value is -3.16. The Morgan fingerprint density at radius 2 is 1.61 bits per heavy atom. The fourth-order valence-electron chi connectivity index (χ4n) is 4.62. The van der Waals surface area contributed by atoms with Gasteiger partial charge >= 0.3 is 0 Å². The number of nitrogens with zero attached hydrogens (tertiary/aromatic N) is 2. The Kier molecular flexibility index (Phi) is 8.11. The summed E-state index contributed by atoms with van der Waals surface area (Å²) in [5.41, 5.74) is 6.27. The van der Waals surface area contributed by atoms with Gasteiger partial charge in [0, 0.05) is 18.7 Å². The molecule has 3 aromatic rings. The van der Waals surface area contributed by atoms with Crippen LogP contribution in [0, 0.1) is 13.8 Å². The lowest BCUT2D eigenvalue weighted by atomic mass is 10.1. The zero-order chi connectivity index (χ0) is 25.7. The molecule has 0 aromatic heterocycles. The van der Waals surface area contributed by atoms with Crippen molar-refractivity contribution in [2.45, 2.75) is 46.3 Å². The molecule has 3 aromatic carbocycles. The molecule has 0 radical (unpaired) electrons. The van der Waals surface area contributed by atoms with Gasteiger partial charge in [0.1, 0.15) is 0 Å². The molecular weight excluding hydrogens is 470 g/mol. The molecule has 0 spiro atoms. The fraction of sp³-hybridized carbons (Fsp3) is 0.345. The molecular formula is C29H35N3O3S. The van der Waals surface area contributed by atoms with Crippen LogP contribution in [0.5, 0.6) is 0 Å². The molecule has 0 aliphatic carbocycles. The molecule has 1 aliphatic heterocycles. The van der Waals surface area contributed by atoms with Crippen molar-refractivity contribution in [3.63, 3.8) is 0 Å². The Morgan fingerprint density at radius 3 is 2.31 bits per heavy atom. The van der Waals surface area contributed by atoms with Gasteiger partial charge in [0.05, 0.1) is 18.5 Å². The van der Waals surface area contributed by atoms with Crippen molar-refractivity contribution in [1.82, 2.24) is 10.2 Å². The number of hydrogen-bond donors (Lipinski definition) is 1. The number of anilines is 1. The quantitative estimate of drug-likeness (QED) is 0.454. The largest absolute Gasteiger partial charge is 0.348 e. The van der Waals surface area contributed by atoms with Crippen molar-refractivity contribution in [1.29, 1.82) is 0 Å². The van der Waals surface area contributed by atoms with Gasteiger partial charge in [-0.05, 0) is 85.8 Å². The highest BCUT2D eigenvalue weighted by Crippen LogP contribution is 2.26. The van der Waals surface area contributed by atoms with Gasteiger partial charge in [0.25, 0.3) is 5.91 Å². The summed E-state index contributed by atoms with van der Waals surface area (Å²) in [5, 5.41) is 3.00. The summed E-state index contributed by atoms with van der Waals surface area (Å²) in [4.78, 5) is 15.2. The van der Waals surface area contributed by atoms with E-state index in [1.807, 2.05) is 56.3 Å². The van der Waals surface area contributed by atoms with E-state index in [4.69, 9.17) is 0 Å². The van der Waals surface area contributed by atoms with E-state index in [1.165, 1.54) is 29.0 Å². The van der Waals surface area contributed by atoms with Crippen LogP contribution in [-0.2, 0) is 29.7 Å². The van der Waals surface area contributed by atoms with Crippen molar-refractivity contribution in [2.24, 2.45) is 0 Å². The van der Waals surface area contributed by atoms with Crippen LogP contribution >= 0.6 is 0 Å². The second kappa shape index (κ2) is 11.3. The summed E-state index contributed by atoms with van der Waals surface area (Å²) in [7, 11) is -3.48. The van der Waals surface area contributed by atoms with E-state index in [2.05, 4.69) is 22.3 Å². The van der Waals surface area contributed by atoms with E-state index in [0.717, 1.165) is 41.9 Å². The first-order valence-electron chi connectivity index (χ1n) is 12.4. The average molecular weight is 506 g/mol. The summed E-state index contributed by atoms with van der Waals surface area (Å²) >= 11 is 0. The first kappa shape index (κ1) is 25.9. The standard InChI is InChI=1S/C29H35N3O3S/c1-22-9-10-23(2)28(17-22)32(36(3,34)35)21-24-11-13-27(14-12-24)29(33)30-19-25-7-6-8-26(18-25)20-31-15-4-5-16-31/h6-14,17-18H,4-5,15-16,19-21H2,1-3H3,(H,30,33). The van der Waals surface area contributed by atoms with Crippen LogP contribution in [-0.4, -0.2) is 38.6 Å². The monoisotopic (exact) mass is 505 g/mol. The minimum atomic E-state index is -3.48. The van der Waals surface area contributed by atoms with Crippen LogP contribution in [0.1, 0.15) is 51.0 Å². The maximum absolute atomic E-state index is 12.8. The lowest BCUT2D eigenvalue weighted by molar-refractivity contribution is 0.0951. The van der Waals surface area contributed by atoms with Crippen LogP contribution in [0.3, 0.4) is 0 Å². The first-order valence-corrected chi connectivity index (χ1v) is 14.3. The van der Waals surface area contributed by atoms with Crippen LogP contribution in [0.2, 0.25) is 0 Å². The molecule has 1 N–H and O–H groups in total. The van der Waals surface area contributed by atoms with Crippen molar-refractivity contribution >= 4 is 21.6 Å². The molecule has 1 fully saturated rings.